The maximum atomic E-state index is 9.92. The molecule has 0 aromatic heterocycles. The van der Waals surface area contributed by atoms with Crippen LogP contribution in [-0.4, -0.2) is 10.2 Å². The van der Waals surface area contributed by atoms with E-state index < -0.39 is 4.30 Å². The molecule has 2 N–H and O–H groups in total. The molecule has 0 saturated heterocycles. The van der Waals surface area contributed by atoms with Gasteiger partial charge in [0.25, 0.3) is 0 Å². The van der Waals surface area contributed by atoms with Gasteiger partial charge in [-0.15, -0.1) is 0 Å². The molecule has 0 unspecified atom stereocenters. The summed E-state index contributed by atoms with van der Waals surface area (Å²) in [6.07, 6.45) is 0. The zero-order valence-electron chi connectivity index (χ0n) is 5.77. The first-order valence-electron chi connectivity index (χ1n) is 2.59. The molecule has 62 valence electrons. The second-order valence-corrected chi connectivity index (χ2v) is 3.78. The molecule has 0 radical (unpaired) electrons. The van der Waals surface area contributed by atoms with Crippen molar-refractivity contribution in [2.24, 2.45) is 11.7 Å². The quantitative estimate of drug-likeness (QED) is 0.656. The molecule has 0 heterocycles. The van der Waals surface area contributed by atoms with Gasteiger partial charge in [-0.25, -0.2) is 0 Å². The van der Waals surface area contributed by atoms with Crippen LogP contribution >= 0.6 is 34.8 Å². The van der Waals surface area contributed by atoms with Crippen molar-refractivity contribution >= 4 is 40.7 Å². The Morgan fingerprint density at radius 2 is 1.40 bits per heavy atom. The topological polar surface area (TPSA) is 43.1 Å². The number of carbonyl (C=O) groups is 1. The molecule has 2 nitrogen and oxygen atoms in total. The first-order valence-corrected chi connectivity index (χ1v) is 3.90. The van der Waals surface area contributed by atoms with E-state index in [1.54, 1.807) is 13.8 Å². The van der Waals surface area contributed by atoms with E-state index in [2.05, 4.69) is 0 Å². The van der Waals surface area contributed by atoms with E-state index in [-0.39, 0.29) is 11.8 Å². The van der Waals surface area contributed by atoms with Crippen molar-refractivity contribution < 1.29 is 4.79 Å². The molecule has 0 aliphatic rings. The number of amides is 1. The molecule has 0 aromatic rings. The van der Waals surface area contributed by atoms with E-state index >= 15 is 0 Å². The third kappa shape index (κ3) is 23.9. The number of halogens is 3. The van der Waals surface area contributed by atoms with Gasteiger partial charge in [-0.05, 0) is 0 Å². The molecule has 0 bridgehead atoms. The summed E-state index contributed by atoms with van der Waals surface area (Å²) >= 11 is 14.4. The number of primary amides is 1. The molecule has 10 heavy (non-hydrogen) atoms. The summed E-state index contributed by atoms with van der Waals surface area (Å²) in [5.41, 5.74) is 4.80. The van der Waals surface area contributed by atoms with E-state index in [1.807, 2.05) is 0 Å². The fraction of sp³-hybridized carbons (Fsp3) is 0.800. The van der Waals surface area contributed by atoms with Crippen molar-refractivity contribution in [3.63, 3.8) is 0 Å². The number of carbonyl (C=O) groups excluding carboxylic acids is 1. The highest BCUT2D eigenvalue weighted by atomic mass is 35.6. The highest BCUT2D eigenvalue weighted by Gasteiger charge is 1.96. The number of hydrogen-bond acceptors (Lipinski definition) is 1. The molecular formula is C5H10Cl3NO. The third-order valence-electron chi connectivity index (χ3n) is 0.569. The van der Waals surface area contributed by atoms with Crippen molar-refractivity contribution in [3.05, 3.63) is 0 Å². The molecule has 0 atom stereocenters. The summed E-state index contributed by atoms with van der Waals surface area (Å²) in [6, 6.07) is 0. The van der Waals surface area contributed by atoms with Crippen LogP contribution < -0.4 is 5.73 Å². The van der Waals surface area contributed by atoms with Gasteiger partial charge in [-0.2, -0.15) is 0 Å². The maximum Gasteiger partial charge on any atom is 0.219 e. The number of rotatable bonds is 1. The normalized spacial score (nSPS) is 9.10. The van der Waals surface area contributed by atoms with Crippen molar-refractivity contribution in [3.8, 4) is 0 Å². The van der Waals surface area contributed by atoms with Crippen LogP contribution in [0.25, 0.3) is 0 Å². The van der Waals surface area contributed by atoms with E-state index in [1.165, 1.54) is 0 Å². The standard InChI is InChI=1S/C4H9NO.CHCl3/c1-3(2)4(5)6;2-1(3)4/h3H,1-2H3,(H2,5,6);1H. The van der Waals surface area contributed by atoms with Crippen LogP contribution in [0.15, 0.2) is 0 Å². The summed E-state index contributed by atoms with van der Waals surface area (Å²) in [6.45, 7) is 3.53. The number of hydrogen-bond donors (Lipinski definition) is 1. The summed E-state index contributed by atoms with van der Waals surface area (Å²) < 4.78 is -0.750. The highest BCUT2D eigenvalue weighted by molar-refractivity contribution is 6.63. The van der Waals surface area contributed by atoms with Crippen LogP contribution in [0.5, 0.6) is 0 Å². The average Bonchev–Trinajstić information content (AvgIpc) is 1.63. The first kappa shape index (κ1) is 13.0. The average molecular weight is 207 g/mol. The smallest absolute Gasteiger partial charge is 0.219 e. The van der Waals surface area contributed by atoms with Crippen LogP contribution in [0.3, 0.4) is 0 Å². The zero-order chi connectivity index (χ0) is 8.73. The van der Waals surface area contributed by atoms with Gasteiger partial charge in [0, 0.05) is 5.92 Å². The minimum atomic E-state index is -0.750. The van der Waals surface area contributed by atoms with Crippen LogP contribution in [0.4, 0.5) is 0 Å². The van der Waals surface area contributed by atoms with Crippen molar-refractivity contribution in [1.82, 2.24) is 0 Å². The van der Waals surface area contributed by atoms with E-state index in [9.17, 15) is 4.79 Å². The van der Waals surface area contributed by atoms with Crippen molar-refractivity contribution in [2.75, 3.05) is 0 Å². The Morgan fingerprint density at radius 3 is 1.40 bits per heavy atom. The molecule has 0 saturated carbocycles. The number of nitrogens with two attached hydrogens (primary N) is 1. The molecule has 0 fully saturated rings. The highest BCUT2D eigenvalue weighted by Crippen LogP contribution is 2.03. The fourth-order valence-corrected chi connectivity index (χ4v) is 0. The Morgan fingerprint density at radius 1 is 1.30 bits per heavy atom. The predicted molar refractivity (Wildman–Crippen MR) is 45.4 cm³/mol. The van der Waals surface area contributed by atoms with E-state index in [0.717, 1.165) is 0 Å². The minimum absolute atomic E-state index is 0.00926. The molecule has 5 heteroatoms. The first-order chi connectivity index (χ1) is 4.37. The lowest BCUT2D eigenvalue weighted by Gasteiger charge is -1.90. The Hall–Kier alpha value is 0.340. The van der Waals surface area contributed by atoms with Gasteiger partial charge < -0.3 is 5.73 Å². The zero-order valence-corrected chi connectivity index (χ0v) is 8.04. The van der Waals surface area contributed by atoms with Crippen LogP contribution in [-0.2, 0) is 4.79 Å². The summed E-state index contributed by atoms with van der Waals surface area (Å²) in [4.78, 5) is 9.92. The Bertz CT molecular complexity index is 92.1. The van der Waals surface area contributed by atoms with Gasteiger partial charge in [-0.3, -0.25) is 4.79 Å². The lowest BCUT2D eigenvalue weighted by atomic mass is 10.2. The molecule has 0 aliphatic carbocycles. The second-order valence-electron chi connectivity index (χ2n) is 1.80. The van der Waals surface area contributed by atoms with Crippen LogP contribution in [0.2, 0.25) is 0 Å². The Kier molecular flexibility index (Phi) is 9.66. The molecule has 1 amide bonds. The van der Waals surface area contributed by atoms with Crippen LogP contribution in [0, 0.1) is 5.92 Å². The van der Waals surface area contributed by atoms with Gasteiger partial charge in [0.05, 0.1) is 0 Å². The fourth-order valence-electron chi connectivity index (χ4n) is 0. The lowest BCUT2D eigenvalue weighted by Crippen LogP contribution is -2.17. The summed E-state index contributed by atoms with van der Waals surface area (Å²) in [5, 5.41) is 0. The summed E-state index contributed by atoms with van der Waals surface area (Å²) in [7, 11) is 0. The largest absolute Gasteiger partial charge is 0.369 e. The number of alkyl halides is 3. The predicted octanol–water partition coefficient (Wildman–Crippen LogP) is 2.11. The summed E-state index contributed by atoms with van der Waals surface area (Å²) in [5.74, 6) is -0.250. The van der Waals surface area contributed by atoms with E-state index in [0.29, 0.717) is 0 Å². The van der Waals surface area contributed by atoms with Gasteiger partial charge in [0.15, 0.2) is 4.30 Å². The second kappa shape index (κ2) is 7.45. The van der Waals surface area contributed by atoms with E-state index in [4.69, 9.17) is 40.5 Å². The maximum absolute atomic E-state index is 9.92. The van der Waals surface area contributed by atoms with Crippen molar-refractivity contribution in [1.29, 1.82) is 0 Å². The molecule has 0 spiro atoms. The Balaban J connectivity index is 0. The SMILES string of the molecule is CC(C)C(N)=O.ClC(Cl)Cl. The minimum Gasteiger partial charge on any atom is -0.369 e. The van der Waals surface area contributed by atoms with Gasteiger partial charge in [0.2, 0.25) is 5.91 Å². The lowest BCUT2D eigenvalue weighted by molar-refractivity contribution is -0.120. The van der Waals surface area contributed by atoms with Gasteiger partial charge in [0.1, 0.15) is 0 Å². The van der Waals surface area contributed by atoms with Gasteiger partial charge in [-0.1, -0.05) is 48.7 Å². The Labute approximate surface area is 75.6 Å². The van der Waals surface area contributed by atoms with Crippen molar-refractivity contribution in [2.45, 2.75) is 18.1 Å². The molecule has 0 rings (SSSR count). The molecular weight excluding hydrogens is 196 g/mol. The third-order valence-corrected chi connectivity index (χ3v) is 0.569. The monoisotopic (exact) mass is 205 g/mol. The molecule has 0 aliphatic heterocycles. The molecule has 0 aromatic carbocycles. The van der Waals surface area contributed by atoms with Gasteiger partial charge >= 0.3 is 0 Å². The van der Waals surface area contributed by atoms with Crippen LogP contribution in [0.1, 0.15) is 13.8 Å².